The number of nitrogens with two attached hydrogens (primary N) is 1. The number of alkyl halides is 2. The van der Waals surface area contributed by atoms with Crippen LogP contribution in [0.25, 0.3) is 0 Å². The van der Waals surface area contributed by atoms with E-state index in [9.17, 15) is 17.2 Å². The lowest BCUT2D eigenvalue weighted by atomic mass is 9.93. The molecule has 0 heterocycles. The van der Waals surface area contributed by atoms with Crippen LogP contribution in [-0.2, 0) is 10.0 Å². The summed E-state index contributed by atoms with van der Waals surface area (Å²) in [5.41, 5.74) is 5.79. The molecule has 0 atom stereocenters. The van der Waals surface area contributed by atoms with E-state index in [0.717, 1.165) is 25.7 Å². The predicted molar refractivity (Wildman–Crippen MR) is 78.5 cm³/mol. The summed E-state index contributed by atoms with van der Waals surface area (Å²) in [5, 5.41) is 0. The first kappa shape index (κ1) is 17.1. The average Bonchev–Trinajstić information content (AvgIpc) is 2.48. The standard InChI is InChI=1S/C14H20F2N2O3S/c15-14(16)9-21-12-5-7-13(8-6-12)22(19,20)18-11-3-1-10(17)2-4-11/h5-8,10-11,14,18H,1-4,9,17H2. The van der Waals surface area contributed by atoms with Crippen molar-refractivity contribution in [3.8, 4) is 5.75 Å². The van der Waals surface area contributed by atoms with Gasteiger partial charge in [-0.15, -0.1) is 0 Å². The van der Waals surface area contributed by atoms with Crippen LogP contribution in [0.5, 0.6) is 5.75 Å². The van der Waals surface area contributed by atoms with Crippen molar-refractivity contribution in [1.82, 2.24) is 4.72 Å². The molecule has 124 valence electrons. The lowest BCUT2D eigenvalue weighted by Gasteiger charge is -2.26. The van der Waals surface area contributed by atoms with E-state index in [1.54, 1.807) is 0 Å². The van der Waals surface area contributed by atoms with Gasteiger partial charge in [0.1, 0.15) is 12.4 Å². The highest BCUT2D eigenvalue weighted by molar-refractivity contribution is 7.89. The summed E-state index contributed by atoms with van der Waals surface area (Å²) in [6.07, 6.45) is 0.468. The van der Waals surface area contributed by atoms with Crippen molar-refractivity contribution >= 4 is 10.0 Å². The van der Waals surface area contributed by atoms with Crippen LogP contribution in [0.1, 0.15) is 25.7 Å². The first-order valence-electron chi connectivity index (χ1n) is 7.16. The third-order valence-electron chi connectivity index (χ3n) is 3.60. The Kier molecular flexibility index (Phi) is 5.71. The van der Waals surface area contributed by atoms with E-state index < -0.39 is 23.1 Å². The average molecular weight is 334 g/mol. The Balaban J connectivity index is 1.97. The molecular formula is C14H20F2N2O3S. The summed E-state index contributed by atoms with van der Waals surface area (Å²) >= 11 is 0. The first-order chi connectivity index (χ1) is 10.4. The van der Waals surface area contributed by atoms with Gasteiger partial charge in [-0.1, -0.05) is 0 Å². The second-order valence-corrected chi connectivity index (χ2v) is 7.12. The minimum atomic E-state index is -3.62. The number of benzene rings is 1. The molecule has 1 fully saturated rings. The molecule has 0 radical (unpaired) electrons. The van der Waals surface area contributed by atoms with Crippen molar-refractivity contribution in [3.63, 3.8) is 0 Å². The molecule has 1 aromatic carbocycles. The summed E-state index contributed by atoms with van der Waals surface area (Å²) in [6, 6.07) is 5.46. The van der Waals surface area contributed by atoms with Crippen molar-refractivity contribution in [2.24, 2.45) is 5.73 Å². The quantitative estimate of drug-likeness (QED) is 0.832. The number of hydrogen-bond donors (Lipinski definition) is 2. The highest BCUT2D eigenvalue weighted by atomic mass is 32.2. The monoisotopic (exact) mass is 334 g/mol. The molecule has 2 rings (SSSR count). The van der Waals surface area contributed by atoms with Gasteiger partial charge in [0.25, 0.3) is 6.43 Å². The molecule has 0 saturated heterocycles. The number of hydrogen-bond acceptors (Lipinski definition) is 4. The third kappa shape index (κ3) is 4.89. The fourth-order valence-corrected chi connectivity index (χ4v) is 3.70. The van der Waals surface area contributed by atoms with Crippen molar-refractivity contribution < 1.29 is 21.9 Å². The molecule has 1 aliphatic rings. The summed E-state index contributed by atoms with van der Waals surface area (Å²) in [6.45, 7) is -0.716. The first-order valence-corrected chi connectivity index (χ1v) is 8.64. The summed E-state index contributed by atoms with van der Waals surface area (Å²) in [4.78, 5) is 0.0896. The molecule has 1 saturated carbocycles. The van der Waals surface area contributed by atoms with Gasteiger partial charge in [0.05, 0.1) is 4.90 Å². The van der Waals surface area contributed by atoms with Crippen LogP contribution in [0.15, 0.2) is 29.2 Å². The van der Waals surface area contributed by atoms with Crippen LogP contribution >= 0.6 is 0 Å². The van der Waals surface area contributed by atoms with Crippen molar-refractivity contribution in [3.05, 3.63) is 24.3 Å². The van der Waals surface area contributed by atoms with E-state index in [-0.39, 0.29) is 22.7 Å². The Labute approximate surface area is 128 Å². The molecule has 0 aromatic heterocycles. The largest absolute Gasteiger partial charge is 0.488 e. The highest BCUT2D eigenvalue weighted by Crippen LogP contribution is 2.21. The lowest BCUT2D eigenvalue weighted by molar-refractivity contribution is 0.0819. The van der Waals surface area contributed by atoms with Gasteiger partial charge in [-0.3, -0.25) is 0 Å². The second kappa shape index (κ2) is 7.34. The molecule has 0 aliphatic heterocycles. The van der Waals surface area contributed by atoms with Crippen LogP contribution in [0.2, 0.25) is 0 Å². The Hall–Kier alpha value is -1.25. The molecule has 3 N–H and O–H groups in total. The summed E-state index contributed by atoms with van der Waals surface area (Å²) in [5.74, 6) is 0.211. The minimum Gasteiger partial charge on any atom is -0.488 e. The molecular weight excluding hydrogens is 314 g/mol. The Morgan fingerprint density at radius 3 is 2.32 bits per heavy atom. The number of sulfonamides is 1. The molecule has 0 spiro atoms. The van der Waals surface area contributed by atoms with Crippen molar-refractivity contribution in [2.75, 3.05) is 6.61 Å². The van der Waals surface area contributed by atoms with E-state index in [2.05, 4.69) is 4.72 Å². The Bertz CT molecular complexity index is 570. The molecule has 8 heteroatoms. The fourth-order valence-electron chi connectivity index (χ4n) is 2.40. The topological polar surface area (TPSA) is 81.4 Å². The van der Waals surface area contributed by atoms with Crippen molar-refractivity contribution in [1.29, 1.82) is 0 Å². The van der Waals surface area contributed by atoms with Crippen LogP contribution in [0.4, 0.5) is 8.78 Å². The molecule has 22 heavy (non-hydrogen) atoms. The van der Waals surface area contributed by atoms with Gasteiger partial charge in [-0.25, -0.2) is 21.9 Å². The lowest BCUT2D eigenvalue weighted by Crippen LogP contribution is -2.40. The molecule has 1 aromatic rings. The molecule has 5 nitrogen and oxygen atoms in total. The zero-order valence-electron chi connectivity index (χ0n) is 12.0. The Morgan fingerprint density at radius 1 is 1.18 bits per heavy atom. The maximum atomic E-state index is 12.3. The van der Waals surface area contributed by atoms with Crippen molar-refractivity contribution in [2.45, 2.75) is 49.1 Å². The van der Waals surface area contributed by atoms with Crippen LogP contribution in [0.3, 0.4) is 0 Å². The van der Waals surface area contributed by atoms with Gasteiger partial charge in [-0.05, 0) is 49.9 Å². The molecule has 0 bridgehead atoms. The number of rotatable bonds is 6. The zero-order chi connectivity index (χ0) is 16.2. The van der Waals surface area contributed by atoms with Crippen LogP contribution in [0, 0.1) is 0 Å². The van der Waals surface area contributed by atoms with E-state index >= 15 is 0 Å². The van der Waals surface area contributed by atoms with Crippen LogP contribution < -0.4 is 15.2 Å². The molecule has 0 amide bonds. The summed E-state index contributed by atoms with van der Waals surface area (Å²) < 4.78 is 56.1. The van der Waals surface area contributed by atoms with Gasteiger partial charge in [-0.2, -0.15) is 0 Å². The minimum absolute atomic E-state index is 0.0896. The molecule has 1 aliphatic carbocycles. The van der Waals surface area contributed by atoms with Gasteiger partial charge in [0.2, 0.25) is 10.0 Å². The maximum Gasteiger partial charge on any atom is 0.272 e. The van der Waals surface area contributed by atoms with Gasteiger partial charge in [0, 0.05) is 12.1 Å². The number of nitrogens with one attached hydrogen (secondary N) is 1. The van der Waals surface area contributed by atoms with Gasteiger partial charge >= 0.3 is 0 Å². The third-order valence-corrected chi connectivity index (χ3v) is 5.14. The number of ether oxygens (including phenoxy) is 1. The van der Waals surface area contributed by atoms with E-state index in [1.165, 1.54) is 24.3 Å². The predicted octanol–water partition coefficient (Wildman–Crippen LogP) is 1.88. The molecule has 0 unspecified atom stereocenters. The fraction of sp³-hybridized carbons (Fsp3) is 0.571. The summed E-state index contributed by atoms with van der Waals surface area (Å²) in [7, 11) is -3.62. The number of halogens is 2. The smallest absolute Gasteiger partial charge is 0.272 e. The maximum absolute atomic E-state index is 12.3. The highest BCUT2D eigenvalue weighted by Gasteiger charge is 2.24. The van der Waals surface area contributed by atoms with E-state index in [0.29, 0.717) is 0 Å². The van der Waals surface area contributed by atoms with E-state index in [1.807, 2.05) is 0 Å². The zero-order valence-corrected chi connectivity index (χ0v) is 12.9. The van der Waals surface area contributed by atoms with E-state index in [4.69, 9.17) is 10.5 Å². The SMILES string of the molecule is NC1CCC(NS(=O)(=O)c2ccc(OCC(F)F)cc2)CC1. The second-order valence-electron chi connectivity index (χ2n) is 5.41. The van der Waals surface area contributed by atoms with Gasteiger partial charge in [0.15, 0.2) is 0 Å². The normalized spacial score (nSPS) is 22.7. The Morgan fingerprint density at radius 2 is 1.77 bits per heavy atom. The van der Waals surface area contributed by atoms with Crippen LogP contribution in [-0.4, -0.2) is 33.5 Å². The van der Waals surface area contributed by atoms with Gasteiger partial charge < -0.3 is 10.5 Å².